The second-order valence-electron chi connectivity index (χ2n) is 1.96. The Hall–Kier alpha value is -1.49. The number of aromatic carboxylic acids is 1. The van der Waals surface area contributed by atoms with Crippen molar-refractivity contribution in [2.24, 2.45) is 0 Å². The first-order valence-electron chi connectivity index (χ1n) is 2.85. The Kier molecular flexibility index (Phi) is 2.05. The summed E-state index contributed by atoms with van der Waals surface area (Å²) < 4.78 is 4.31. The SMILES string of the molecule is Nc1oc(=O)cc(Cl)c1C(=O)O. The van der Waals surface area contributed by atoms with Gasteiger partial charge in [-0.25, -0.2) is 9.59 Å². The molecule has 1 rings (SSSR count). The van der Waals surface area contributed by atoms with E-state index in [0.29, 0.717) is 0 Å². The van der Waals surface area contributed by atoms with Gasteiger partial charge in [0.05, 0.1) is 5.02 Å². The molecule has 0 aliphatic heterocycles. The Bertz CT molecular complexity index is 357. The maximum absolute atomic E-state index is 10.6. The average molecular weight is 190 g/mol. The summed E-state index contributed by atoms with van der Waals surface area (Å²) in [7, 11) is 0. The van der Waals surface area contributed by atoms with E-state index >= 15 is 0 Å². The van der Waals surface area contributed by atoms with E-state index < -0.39 is 23.0 Å². The van der Waals surface area contributed by atoms with Crippen molar-refractivity contribution >= 4 is 23.5 Å². The average Bonchev–Trinajstić information content (AvgIpc) is 1.82. The Balaban J connectivity index is 3.48. The monoisotopic (exact) mass is 189 g/mol. The molecule has 0 saturated heterocycles. The molecule has 3 N–H and O–H groups in total. The van der Waals surface area contributed by atoms with Crippen LogP contribution < -0.4 is 11.4 Å². The molecule has 0 unspecified atom stereocenters. The number of nitrogens with two attached hydrogens (primary N) is 1. The molecule has 64 valence electrons. The molecule has 1 aromatic rings. The van der Waals surface area contributed by atoms with E-state index in [1.807, 2.05) is 0 Å². The number of hydrogen-bond donors (Lipinski definition) is 2. The normalized spacial score (nSPS) is 9.75. The van der Waals surface area contributed by atoms with Gasteiger partial charge in [0.15, 0.2) is 0 Å². The van der Waals surface area contributed by atoms with Gasteiger partial charge >= 0.3 is 11.6 Å². The van der Waals surface area contributed by atoms with Crippen LogP contribution in [0.15, 0.2) is 15.3 Å². The summed E-state index contributed by atoms with van der Waals surface area (Å²) in [4.78, 5) is 21.0. The highest BCUT2D eigenvalue weighted by Crippen LogP contribution is 2.18. The summed E-state index contributed by atoms with van der Waals surface area (Å²) >= 11 is 5.41. The molecular formula is C6H4ClNO4. The minimum Gasteiger partial charge on any atom is -0.477 e. The van der Waals surface area contributed by atoms with Crippen molar-refractivity contribution < 1.29 is 14.3 Å². The van der Waals surface area contributed by atoms with Crippen LogP contribution in [-0.4, -0.2) is 11.1 Å². The third-order valence-corrected chi connectivity index (χ3v) is 1.45. The predicted octanol–water partition coefficient (Wildman–Crippen LogP) is 0.574. The van der Waals surface area contributed by atoms with Crippen LogP contribution in [0.5, 0.6) is 0 Å². The summed E-state index contributed by atoms with van der Waals surface area (Å²) in [6, 6.07) is 0.849. The highest BCUT2D eigenvalue weighted by atomic mass is 35.5. The molecule has 1 aromatic heterocycles. The second-order valence-corrected chi connectivity index (χ2v) is 2.36. The van der Waals surface area contributed by atoms with E-state index in [9.17, 15) is 9.59 Å². The zero-order chi connectivity index (χ0) is 9.30. The van der Waals surface area contributed by atoms with Crippen LogP contribution in [-0.2, 0) is 0 Å². The highest BCUT2D eigenvalue weighted by Gasteiger charge is 2.15. The van der Waals surface area contributed by atoms with Crippen molar-refractivity contribution in [1.82, 2.24) is 0 Å². The first-order valence-corrected chi connectivity index (χ1v) is 3.22. The molecule has 12 heavy (non-hydrogen) atoms. The minimum absolute atomic E-state index is 0.226. The van der Waals surface area contributed by atoms with Gasteiger partial charge in [-0.1, -0.05) is 11.6 Å². The first kappa shape index (κ1) is 8.61. The molecule has 0 radical (unpaired) electrons. The molecule has 1 heterocycles. The second kappa shape index (κ2) is 2.86. The molecule has 0 amide bonds. The van der Waals surface area contributed by atoms with Gasteiger partial charge in [-0.05, 0) is 0 Å². The van der Waals surface area contributed by atoms with Crippen molar-refractivity contribution in [3.63, 3.8) is 0 Å². The van der Waals surface area contributed by atoms with Gasteiger partial charge in [0.2, 0.25) is 5.88 Å². The maximum Gasteiger partial charge on any atom is 0.342 e. The molecular weight excluding hydrogens is 186 g/mol. The summed E-state index contributed by atoms with van der Waals surface area (Å²) in [5.41, 5.74) is 3.92. The molecule has 5 nitrogen and oxygen atoms in total. The van der Waals surface area contributed by atoms with E-state index in [4.69, 9.17) is 22.4 Å². The van der Waals surface area contributed by atoms with E-state index in [1.165, 1.54) is 0 Å². The van der Waals surface area contributed by atoms with Crippen molar-refractivity contribution in [3.05, 3.63) is 27.1 Å². The van der Waals surface area contributed by atoms with E-state index in [-0.39, 0.29) is 5.02 Å². The molecule has 0 saturated carbocycles. The number of rotatable bonds is 1. The van der Waals surface area contributed by atoms with Gasteiger partial charge in [-0.2, -0.15) is 0 Å². The Morgan fingerprint density at radius 3 is 2.67 bits per heavy atom. The third-order valence-electron chi connectivity index (χ3n) is 1.15. The minimum atomic E-state index is -1.33. The smallest absolute Gasteiger partial charge is 0.342 e. The number of halogens is 1. The quantitative estimate of drug-likeness (QED) is 0.674. The van der Waals surface area contributed by atoms with Crippen molar-refractivity contribution in [3.8, 4) is 0 Å². The lowest BCUT2D eigenvalue weighted by Gasteiger charge is -1.98. The van der Waals surface area contributed by atoms with Gasteiger partial charge in [0.1, 0.15) is 5.56 Å². The van der Waals surface area contributed by atoms with Crippen LogP contribution in [0.3, 0.4) is 0 Å². The molecule has 0 spiro atoms. The van der Waals surface area contributed by atoms with E-state index in [1.54, 1.807) is 0 Å². The number of carboxylic acids is 1. The number of carbonyl (C=O) groups is 1. The molecule has 0 aliphatic carbocycles. The molecule has 0 aromatic carbocycles. The summed E-state index contributed by atoms with van der Waals surface area (Å²) in [5.74, 6) is -1.82. The molecule has 6 heteroatoms. The Morgan fingerprint density at radius 2 is 2.25 bits per heavy atom. The topological polar surface area (TPSA) is 93.5 Å². The standard InChI is InChI=1S/C6H4ClNO4/c7-2-1-3(9)12-5(8)4(2)6(10)11/h1H,8H2,(H,10,11). The maximum atomic E-state index is 10.6. The molecule has 0 fully saturated rings. The lowest BCUT2D eigenvalue weighted by molar-refractivity contribution is 0.0696. The van der Waals surface area contributed by atoms with Crippen molar-refractivity contribution in [1.29, 1.82) is 0 Å². The van der Waals surface area contributed by atoms with E-state index in [2.05, 4.69) is 4.42 Å². The fraction of sp³-hybridized carbons (Fsp3) is 0. The first-order chi connectivity index (χ1) is 5.52. The van der Waals surface area contributed by atoms with Crippen molar-refractivity contribution in [2.45, 2.75) is 0 Å². The predicted molar refractivity (Wildman–Crippen MR) is 41.4 cm³/mol. The summed E-state index contributed by atoms with van der Waals surface area (Å²) in [6.07, 6.45) is 0. The fourth-order valence-electron chi connectivity index (χ4n) is 0.690. The van der Waals surface area contributed by atoms with Crippen LogP contribution >= 0.6 is 11.6 Å². The largest absolute Gasteiger partial charge is 0.477 e. The number of anilines is 1. The molecule has 0 bridgehead atoms. The van der Waals surface area contributed by atoms with E-state index in [0.717, 1.165) is 6.07 Å². The number of nitrogen functional groups attached to an aromatic ring is 1. The zero-order valence-corrected chi connectivity index (χ0v) is 6.46. The fourth-order valence-corrected chi connectivity index (χ4v) is 0.953. The van der Waals surface area contributed by atoms with Crippen molar-refractivity contribution in [2.75, 3.05) is 5.73 Å². The van der Waals surface area contributed by atoms with Gasteiger partial charge in [0.25, 0.3) is 0 Å². The van der Waals surface area contributed by atoms with Gasteiger partial charge < -0.3 is 15.3 Å². The van der Waals surface area contributed by atoms with Gasteiger partial charge in [-0.3, -0.25) is 0 Å². The lowest BCUT2D eigenvalue weighted by atomic mass is 10.3. The molecule has 0 aliphatic rings. The number of carboxylic acid groups (broad SMARTS) is 1. The third kappa shape index (κ3) is 1.40. The van der Waals surface area contributed by atoms with Crippen LogP contribution in [0.2, 0.25) is 5.02 Å². The van der Waals surface area contributed by atoms with Crippen LogP contribution in [0.4, 0.5) is 5.88 Å². The molecule has 0 atom stereocenters. The lowest BCUT2D eigenvalue weighted by Crippen LogP contribution is -2.08. The van der Waals surface area contributed by atoms with Crippen LogP contribution in [0.25, 0.3) is 0 Å². The van der Waals surface area contributed by atoms with Crippen LogP contribution in [0, 0.1) is 0 Å². The zero-order valence-electron chi connectivity index (χ0n) is 5.70. The Morgan fingerprint density at radius 1 is 1.67 bits per heavy atom. The van der Waals surface area contributed by atoms with Gasteiger partial charge in [-0.15, -0.1) is 0 Å². The van der Waals surface area contributed by atoms with Crippen LogP contribution in [0.1, 0.15) is 10.4 Å². The summed E-state index contributed by atoms with van der Waals surface area (Å²) in [6.45, 7) is 0. The Labute approximate surface area is 71.4 Å². The summed E-state index contributed by atoms with van der Waals surface area (Å²) in [5, 5.41) is 8.29. The highest BCUT2D eigenvalue weighted by molar-refractivity contribution is 6.34. The van der Waals surface area contributed by atoms with Gasteiger partial charge in [0, 0.05) is 6.07 Å². The number of hydrogen-bond acceptors (Lipinski definition) is 4.